The Hall–Kier alpha value is -4.29. The molecule has 0 unspecified atom stereocenters. The maximum Gasteiger partial charge on any atom is 0.416 e. The lowest BCUT2D eigenvalue weighted by molar-refractivity contribution is -0.143. The number of carbonyl (C=O) groups is 1. The van der Waals surface area contributed by atoms with Crippen molar-refractivity contribution in [1.29, 1.82) is 0 Å². The fraction of sp³-hybridized carbons (Fsp3) is 0.400. The lowest BCUT2D eigenvalue weighted by Gasteiger charge is -2.36. The molecule has 1 aliphatic carbocycles. The molecule has 0 N–H and O–H groups in total. The zero-order valence-electron chi connectivity index (χ0n) is 26.7. The van der Waals surface area contributed by atoms with Crippen LogP contribution in [0, 0.1) is 17.0 Å². The molecule has 2 atom stereocenters. The molecular formula is C35H33F8NO4. The lowest BCUT2D eigenvalue weighted by atomic mass is 9.72. The van der Waals surface area contributed by atoms with E-state index in [-0.39, 0.29) is 23.6 Å². The molecule has 1 heterocycles. The number of allylic oxidation sites excluding steroid dienone is 1. The number of hydrogen-bond acceptors (Lipinski definition) is 4. The number of alkyl halides is 6. The molecule has 3 aromatic carbocycles. The van der Waals surface area contributed by atoms with Gasteiger partial charge in [0.2, 0.25) is 0 Å². The van der Waals surface area contributed by atoms with Gasteiger partial charge < -0.3 is 14.2 Å². The molecule has 258 valence electrons. The molecule has 1 amide bonds. The Balaban J connectivity index is 1.55. The summed E-state index contributed by atoms with van der Waals surface area (Å²) in [5.41, 5.74) is -0.751. The van der Waals surface area contributed by atoms with Gasteiger partial charge in [0.15, 0.2) is 17.4 Å². The molecule has 0 saturated carbocycles. The second kappa shape index (κ2) is 12.6. The first-order valence-corrected chi connectivity index (χ1v) is 15.0. The predicted molar refractivity (Wildman–Crippen MR) is 161 cm³/mol. The van der Waals surface area contributed by atoms with Crippen molar-refractivity contribution in [3.8, 4) is 22.6 Å². The standard InChI is InChI=1S/C35H33F8NO4/c1-18-30(21-10-23(34(38,39)40)15-24(11-21)35(41,42)43)48-32(45)44(18)17-22-16-33(2,3)9-8-25(22)26-12-19(6-7-29(26)46-4)20-13-27(36)31(47-5)28(37)14-20/h6-7,10-15,18,30H,8-9,16-17H2,1-5H3/t18-,30-/m0/s1. The second-order valence-corrected chi connectivity index (χ2v) is 12.8. The second-order valence-electron chi connectivity index (χ2n) is 12.8. The van der Waals surface area contributed by atoms with E-state index in [2.05, 4.69) is 0 Å². The summed E-state index contributed by atoms with van der Waals surface area (Å²) in [7, 11) is 2.62. The van der Waals surface area contributed by atoms with Crippen LogP contribution in [0.15, 0.2) is 54.1 Å². The fourth-order valence-corrected chi connectivity index (χ4v) is 6.44. The zero-order valence-corrected chi connectivity index (χ0v) is 26.7. The number of carbonyl (C=O) groups excluding carboxylic acids is 1. The molecule has 5 nitrogen and oxygen atoms in total. The van der Waals surface area contributed by atoms with Crippen molar-refractivity contribution >= 4 is 11.7 Å². The summed E-state index contributed by atoms with van der Waals surface area (Å²) in [5, 5.41) is 0. The molecule has 13 heteroatoms. The molecule has 1 aliphatic heterocycles. The maximum absolute atomic E-state index is 14.6. The van der Waals surface area contributed by atoms with Crippen molar-refractivity contribution in [1.82, 2.24) is 4.90 Å². The average molecular weight is 684 g/mol. The fourth-order valence-electron chi connectivity index (χ4n) is 6.44. The van der Waals surface area contributed by atoms with Crippen molar-refractivity contribution in [3.05, 3.63) is 88.0 Å². The molecule has 1 fully saturated rings. The first-order chi connectivity index (χ1) is 22.3. The van der Waals surface area contributed by atoms with Gasteiger partial charge in [-0.1, -0.05) is 19.9 Å². The quantitative estimate of drug-likeness (QED) is 0.233. The van der Waals surface area contributed by atoms with E-state index >= 15 is 0 Å². The van der Waals surface area contributed by atoms with E-state index in [0.29, 0.717) is 41.9 Å². The third kappa shape index (κ3) is 6.95. The van der Waals surface area contributed by atoms with E-state index in [0.717, 1.165) is 36.8 Å². The molecular weight excluding hydrogens is 650 g/mol. The van der Waals surface area contributed by atoms with Crippen molar-refractivity contribution in [3.63, 3.8) is 0 Å². The van der Waals surface area contributed by atoms with Gasteiger partial charge in [-0.2, -0.15) is 26.3 Å². The Morgan fingerprint density at radius 2 is 1.48 bits per heavy atom. The Labute approximate surface area is 272 Å². The summed E-state index contributed by atoms with van der Waals surface area (Å²) in [4.78, 5) is 14.5. The summed E-state index contributed by atoms with van der Waals surface area (Å²) >= 11 is 0. The van der Waals surface area contributed by atoms with Gasteiger partial charge in [0.25, 0.3) is 0 Å². The number of hydrogen-bond donors (Lipinski definition) is 0. The van der Waals surface area contributed by atoms with Gasteiger partial charge in [0.05, 0.1) is 31.4 Å². The zero-order chi connectivity index (χ0) is 35.3. The Morgan fingerprint density at radius 3 is 2.02 bits per heavy atom. The summed E-state index contributed by atoms with van der Waals surface area (Å²) in [6, 6.07) is 7.56. The average Bonchev–Trinajstić information content (AvgIpc) is 3.27. The van der Waals surface area contributed by atoms with E-state index in [1.807, 2.05) is 13.8 Å². The number of rotatable bonds is 7. The topological polar surface area (TPSA) is 48.0 Å². The van der Waals surface area contributed by atoms with E-state index in [9.17, 15) is 39.9 Å². The summed E-state index contributed by atoms with van der Waals surface area (Å²) in [5.74, 6) is -1.83. The number of amides is 1. The maximum atomic E-state index is 14.6. The van der Waals surface area contributed by atoms with Crippen LogP contribution in [0.3, 0.4) is 0 Å². The van der Waals surface area contributed by atoms with Crippen LogP contribution in [0.5, 0.6) is 11.5 Å². The van der Waals surface area contributed by atoms with Crippen LogP contribution in [-0.4, -0.2) is 37.8 Å². The van der Waals surface area contributed by atoms with Crippen molar-refractivity contribution in [2.75, 3.05) is 20.8 Å². The highest BCUT2D eigenvalue weighted by atomic mass is 19.4. The van der Waals surface area contributed by atoms with Crippen LogP contribution >= 0.6 is 0 Å². The van der Waals surface area contributed by atoms with Gasteiger partial charge in [0.1, 0.15) is 11.9 Å². The van der Waals surface area contributed by atoms with Gasteiger partial charge >= 0.3 is 18.4 Å². The Kier molecular flexibility index (Phi) is 9.21. The first kappa shape index (κ1) is 35.0. The van der Waals surface area contributed by atoms with Gasteiger partial charge in [-0.3, -0.25) is 4.90 Å². The van der Waals surface area contributed by atoms with Gasteiger partial charge in [-0.25, -0.2) is 13.6 Å². The molecule has 48 heavy (non-hydrogen) atoms. The normalized spacial score (nSPS) is 19.9. The van der Waals surface area contributed by atoms with Crippen LogP contribution in [0.2, 0.25) is 0 Å². The number of halogens is 8. The molecule has 2 aliphatic rings. The van der Waals surface area contributed by atoms with E-state index in [1.54, 1.807) is 18.2 Å². The smallest absolute Gasteiger partial charge is 0.416 e. The number of benzene rings is 3. The SMILES string of the molecule is COc1ccc(-c2cc(F)c(OC)c(F)c2)cc1C1=C(CN2C(=O)O[C@H](c3cc(C(F)(F)F)cc(C(F)(F)F)c3)[C@@H]2C)CC(C)(C)CC1. The van der Waals surface area contributed by atoms with Crippen molar-refractivity contribution in [2.24, 2.45) is 5.41 Å². The number of nitrogens with zero attached hydrogens (tertiary/aromatic N) is 1. The predicted octanol–water partition coefficient (Wildman–Crippen LogP) is 10.2. The Morgan fingerprint density at radius 1 is 0.875 bits per heavy atom. The van der Waals surface area contributed by atoms with Crippen LogP contribution in [0.1, 0.15) is 68.4 Å². The minimum absolute atomic E-state index is 0.0279. The minimum atomic E-state index is -5.06. The van der Waals surface area contributed by atoms with E-state index in [1.165, 1.54) is 18.9 Å². The van der Waals surface area contributed by atoms with Gasteiger partial charge in [0, 0.05) is 12.1 Å². The van der Waals surface area contributed by atoms with Crippen LogP contribution in [0.25, 0.3) is 16.7 Å². The summed E-state index contributed by atoms with van der Waals surface area (Å²) in [6.07, 6.45) is -10.7. The molecule has 0 bridgehead atoms. The lowest BCUT2D eigenvalue weighted by Crippen LogP contribution is -2.35. The van der Waals surface area contributed by atoms with Crippen LogP contribution in [0.4, 0.5) is 39.9 Å². The van der Waals surface area contributed by atoms with Crippen LogP contribution in [-0.2, 0) is 17.1 Å². The van der Waals surface area contributed by atoms with Gasteiger partial charge in [-0.15, -0.1) is 0 Å². The molecule has 0 aromatic heterocycles. The molecule has 0 spiro atoms. The highest BCUT2D eigenvalue weighted by Crippen LogP contribution is 2.47. The number of cyclic esters (lactones) is 1. The van der Waals surface area contributed by atoms with Crippen molar-refractivity contribution in [2.45, 2.75) is 64.5 Å². The minimum Gasteiger partial charge on any atom is -0.496 e. The molecule has 1 saturated heterocycles. The first-order valence-electron chi connectivity index (χ1n) is 15.0. The molecule has 3 aromatic rings. The number of ether oxygens (including phenoxy) is 3. The summed E-state index contributed by atoms with van der Waals surface area (Å²) < 4.78 is 127. The molecule has 0 radical (unpaired) electrons. The monoisotopic (exact) mass is 683 g/mol. The van der Waals surface area contributed by atoms with Crippen molar-refractivity contribution < 1.29 is 54.1 Å². The van der Waals surface area contributed by atoms with E-state index in [4.69, 9.17) is 14.2 Å². The highest BCUT2D eigenvalue weighted by Gasteiger charge is 2.44. The largest absolute Gasteiger partial charge is 0.496 e. The molecule has 5 rings (SSSR count). The summed E-state index contributed by atoms with van der Waals surface area (Å²) in [6.45, 7) is 5.55. The third-order valence-corrected chi connectivity index (χ3v) is 8.92. The van der Waals surface area contributed by atoms with Gasteiger partial charge in [-0.05, 0) is 102 Å². The van der Waals surface area contributed by atoms with Crippen LogP contribution < -0.4 is 9.47 Å². The Bertz CT molecular complexity index is 1710. The number of methoxy groups -OCH3 is 2. The third-order valence-electron chi connectivity index (χ3n) is 8.92. The highest BCUT2D eigenvalue weighted by molar-refractivity contribution is 5.80. The van der Waals surface area contributed by atoms with E-state index < -0.39 is 64.7 Å².